The Morgan fingerprint density at radius 2 is 2.20 bits per heavy atom. The van der Waals surface area contributed by atoms with Gasteiger partial charge in [-0.1, -0.05) is 0 Å². The fourth-order valence-electron chi connectivity index (χ4n) is 1.56. The summed E-state index contributed by atoms with van der Waals surface area (Å²) in [7, 11) is 3.18. The van der Waals surface area contributed by atoms with E-state index in [9.17, 15) is 9.59 Å². The van der Waals surface area contributed by atoms with Gasteiger partial charge in [-0.25, -0.2) is 9.59 Å². The third kappa shape index (κ3) is 3.00. The molecular formula is C9H16N2O4. The minimum Gasteiger partial charge on any atom is -0.465 e. The van der Waals surface area contributed by atoms with Crippen molar-refractivity contribution in [2.75, 3.05) is 27.2 Å². The molecule has 86 valence electrons. The average Bonchev–Trinajstić information content (AvgIpc) is 2.61. The van der Waals surface area contributed by atoms with Crippen LogP contribution in [0.1, 0.15) is 12.8 Å². The highest BCUT2D eigenvalue weighted by Crippen LogP contribution is 2.17. The fraction of sp³-hybridized carbons (Fsp3) is 0.778. The number of carboxylic acid groups (broad SMARTS) is 1. The van der Waals surface area contributed by atoms with E-state index in [0.29, 0.717) is 6.54 Å². The molecule has 0 aromatic rings. The molecule has 6 heteroatoms. The Balaban J connectivity index is 2.38. The van der Waals surface area contributed by atoms with Crippen LogP contribution in [0.4, 0.5) is 9.59 Å². The first kappa shape index (κ1) is 11.6. The summed E-state index contributed by atoms with van der Waals surface area (Å²) in [5.74, 6) is 0. The number of likely N-dealkylation sites (tertiary alicyclic amines) is 1. The number of carbonyl (C=O) groups excluding carboxylic acids is 1. The summed E-state index contributed by atoms with van der Waals surface area (Å²) < 4.78 is 4.95. The predicted octanol–water partition coefficient (Wildman–Crippen LogP) is 0.827. The van der Waals surface area contributed by atoms with Crippen molar-refractivity contribution >= 4 is 12.2 Å². The summed E-state index contributed by atoms with van der Waals surface area (Å²) >= 11 is 0. The van der Waals surface area contributed by atoms with E-state index in [4.69, 9.17) is 9.84 Å². The fourth-order valence-corrected chi connectivity index (χ4v) is 1.56. The van der Waals surface area contributed by atoms with Crippen LogP contribution >= 0.6 is 0 Å². The molecule has 1 aliphatic heterocycles. The zero-order chi connectivity index (χ0) is 11.4. The SMILES string of the molecule is CN(C)C(=O)OCC1CCCN1C(=O)O. The largest absolute Gasteiger partial charge is 0.465 e. The second kappa shape index (κ2) is 4.86. The average molecular weight is 216 g/mol. The molecular weight excluding hydrogens is 200 g/mol. The Hall–Kier alpha value is -1.46. The van der Waals surface area contributed by atoms with Gasteiger partial charge in [-0.3, -0.25) is 0 Å². The molecule has 1 atom stereocenters. The van der Waals surface area contributed by atoms with E-state index in [1.807, 2.05) is 0 Å². The van der Waals surface area contributed by atoms with Crippen LogP contribution in [0.3, 0.4) is 0 Å². The van der Waals surface area contributed by atoms with E-state index < -0.39 is 12.2 Å². The molecule has 2 amide bonds. The Morgan fingerprint density at radius 3 is 2.73 bits per heavy atom. The second-order valence-electron chi connectivity index (χ2n) is 3.74. The normalized spacial score (nSPS) is 20.1. The van der Waals surface area contributed by atoms with Gasteiger partial charge in [0.2, 0.25) is 0 Å². The summed E-state index contributed by atoms with van der Waals surface area (Å²) in [6, 6.07) is -0.189. The first-order valence-electron chi connectivity index (χ1n) is 4.86. The smallest absolute Gasteiger partial charge is 0.409 e. The third-order valence-corrected chi connectivity index (χ3v) is 2.39. The maximum Gasteiger partial charge on any atom is 0.409 e. The molecule has 1 fully saturated rings. The Labute approximate surface area is 88.4 Å². The van der Waals surface area contributed by atoms with Crippen LogP contribution in [0.5, 0.6) is 0 Å². The molecule has 1 N–H and O–H groups in total. The van der Waals surface area contributed by atoms with Gasteiger partial charge in [0.15, 0.2) is 0 Å². The molecule has 0 spiro atoms. The van der Waals surface area contributed by atoms with Crippen molar-refractivity contribution < 1.29 is 19.4 Å². The number of hydrogen-bond acceptors (Lipinski definition) is 3. The molecule has 1 saturated heterocycles. The zero-order valence-corrected chi connectivity index (χ0v) is 8.97. The molecule has 1 heterocycles. The van der Waals surface area contributed by atoms with Crippen molar-refractivity contribution in [3.63, 3.8) is 0 Å². The van der Waals surface area contributed by atoms with Gasteiger partial charge in [-0.05, 0) is 12.8 Å². The number of ether oxygens (including phenoxy) is 1. The minimum absolute atomic E-state index is 0.142. The van der Waals surface area contributed by atoms with Crippen LogP contribution in [0, 0.1) is 0 Å². The van der Waals surface area contributed by atoms with Crippen LogP contribution in [-0.2, 0) is 4.74 Å². The molecule has 0 saturated carbocycles. The van der Waals surface area contributed by atoms with Crippen molar-refractivity contribution in [2.45, 2.75) is 18.9 Å². The molecule has 1 aliphatic rings. The highest BCUT2D eigenvalue weighted by atomic mass is 16.6. The van der Waals surface area contributed by atoms with E-state index in [1.165, 1.54) is 9.80 Å². The van der Waals surface area contributed by atoms with E-state index in [2.05, 4.69) is 0 Å². The zero-order valence-electron chi connectivity index (χ0n) is 8.97. The predicted molar refractivity (Wildman–Crippen MR) is 52.8 cm³/mol. The van der Waals surface area contributed by atoms with Gasteiger partial charge in [0.25, 0.3) is 0 Å². The molecule has 0 aromatic carbocycles. The monoisotopic (exact) mass is 216 g/mol. The summed E-state index contributed by atoms with van der Waals surface area (Å²) in [6.07, 6.45) is 0.203. The van der Waals surface area contributed by atoms with Crippen molar-refractivity contribution in [3.8, 4) is 0 Å². The number of carbonyl (C=O) groups is 2. The van der Waals surface area contributed by atoms with Crippen LogP contribution in [0.25, 0.3) is 0 Å². The topological polar surface area (TPSA) is 70.1 Å². The van der Waals surface area contributed by atoms with Crippen LogP contribution < -0.4 is 0 Å². The van der Waals surface area contributed by atoms with Crippen LogP contribution in [0.15, 0.2) is 0 Å². The van der Waals surface area contributed by atoms with Gasteiger partial charge < -0.3 is 19.6 Å². The number of nitrogens with zero attached hydrogens (tertiary/aromatic N) is 2. The molecule has 1 rings (SSSR count). The molecule has 0 radical (unpaired) electrons. The highest BCUT2D eigenvalue weighted by molar-refractivity contribution is 5.67. The van der Waals surface area contributed by atoms with Gasteiger partial charge in [0, 0.05) is 20.6 Å². The lowest BCUT2D eigenvalue weighted by Crippen LogP contribution is -2.38. The lowest BCUT2D eigenvalue weighted by Gasteiger charge is -2.21. The van der Waals surface area contributed by atoms with Crippen LogP contribution in [0.2, 0.25) is 0 Å². The van der Waals surface area contributed by atoms with E-state index in [0.717, 1.165) is 12.8 Å². The van der Waals surface area contributed by atoms with Gasteiger partial charge in [-0.2, -0.15) is 0 Å². The van der Waals surface area contributed by atoms with Crippen LogP contribution in [-0.4, -0.2) is 60.4 Å². The first-order chi connectivity index (χ1) is 7.02. The summed E-state index contributed by atoms with van der Waals surface area (Å²) in [6.45, 7) is 0.669. The summed E-state index contributed by atoms with van der Waals surface area (Å²) in [5, 5.41) is 8.83. The maximum absolute atomic E-state index is 11.1. The molecule has 6 nitrogen and oxygen atoms in total. The van der Waals surface area contributed by atoms with E-state index in [1.54, 1.807) is 14.1 Å². The van der Waals surface area contributed by atoms with E-state index in [-0.39, 0.29) is 12.6 Å². The summed E-state index contributed by atoms with van der Waals surface area (Å²) in [5.41, 5.74) is 0. The standard InChI is InChI=1S/C9H16N2O4/c1-10(2)9(14)15-6-7-4-3-5-11(7)8(12)13/h7H,3-6H2,1-2H3,(H,12,13). The Bertz CT molecular complexity index is 254. The lowest BCUT2D eigenvalue weighted by atomic mass is 10.2. The van der Waals surface area contributed by atoms with Gasteiger partial charge in [0.05, 0.1) is 6.04 Å². The third-order valence-electron chi connectivity index (χ3n) is 2.39. The number of hydrogen-bond donors (Lipinski definition) is 1. The lowest BCUT2D eigenvalue weighted by molar-refractivity contribution is 0.0819. The molecule has 0 aromatic heterocycles. The summed E-state index contributed by atoms with van der Waals surface area (Å²) in [4.78, 5) is 24.5. The number of rotatable bonds is 2. The molecule has 15 heavy (non-hydrogen) atoms. The molecule has 0 aliphatic carbocycles. The second-order valence-corrected chi connectivity index (χ2v) is 3.74. The van der Waals surface area contributed by atoms with Crippen molar-refractivity contribution in [1.29, 1.82) is 0 Å². The molecule has 0 bridgehead atoms. The quantitative estimate of drug-likeness (QED) is 0.742. The van der Waals surface area contributed by atoms with Gasteiger partial charge in [0.1, 0.15) is 6.61 Å². The van der Waals surface area contributed by atoms with Crippen molar-refractivity contribution in [3.05, 3.63) is 0 Å². The van der Waals surface area contributed by atoms with Gasteiger partial charge >= 0.3 is 12.2 Å². The highest BCUT2D eigenvalue weighted by Gasteiger charge is 2.29. The van der Waals surface area contributed by atoms with Crippen molar-refractivity contribution in [1.82, 2.24) is 9.80 Å². The first-order valence-corrected chi connectivity index (χ1v) is 4.86. The Morgan fingerprint density at radius 1 is 1.53 bits per heavy atom. The maximum atomic E-state index is 11.1. The van der Waals surface area contributed by atoms with Gasteiger partial charge in [-0.15, -0.1) is 0 Å². The molecule has 1 unspecified atom stereocenters. The van der Waals surface area contributed by atoms with E-state index >= 15 is 0 Å². The number of amides is 2. The Kier molecular flexibility index (Phi) is 3.76. The van der Waals surface area contributed by atoms with Crippen molar-refractivity contribution in [2.24, 2.45) is 0 Å². The minimum atomic E-state index is -0.946.